The molecule has 0 atom stereocenters. The standard InChI is InChI=1S/C12H17BrO4/c1-14-9-6-5-8(7-10(15-2)16-3)11(13)12(9)17-4/h5-6,10H,7H2,1-4H3. The molecule has 0 heterocycles. The van der Waals surface area contributed by atoms with Gasteiger partial charge in [-0.25, -0.2) is 0 Å². The van der Waals surface area contributed by atoms with Crippen molar-refractivity contribution in [2.45, 2.75) is 12.7 Å². The van der Waals surface area contributed by atoms with Crippen LogP contribution >= 0.6 is 15.9 Å². The molecule has 0 saturated heterocycles. The lowest BCUT2D eigenvalue weighted by Crippen LogP contribution is -2.16. The number of hydrogen-bond acceptors (Lipinski definition) is 4. The van der Waals surface area contributed by atoms with E-state index in [4.69, 9.17) is 18.9 Å². The number of ether oxygens (including phenoxy) is 4. The van der Waals surface area contributed by atoms with Crippen molar-refractivity contribution in [3.63, 3.8) is 0 Å². The predicted octanol–water partition coefficient (Wildman–Crippen LogP) is 2.63. The lowest BCUT2D eigenvalue weighted by Gasteiger charge is -2.17. The maximum absolute atomic E-state index is 5.30. The normalized spacial score (nSPS) is 10.7. The smallest absolute Gasteiger partial charge is 0.175 e. The molecule has 1 aromatic rings. The van der Waals surface area contributed by atoms with Gasteiger partial charge in [0.15, 0.2) is 17.8 Å². The van der Waals surface area contributed by atoms with Crippen LogP contribution in [0.2, 0.25) is 0 Å². The van der Waals surface area contributed by atoms with E-state index in [1.54, 1.807) is 28.4 Å². The third kappa shape index (κ3) is 3.34. The van der Waals surface area contributed by atoms with E-state index in [-0.39, 0.29) is 6.29 Å². The van der Waals surface area contributed by atoms with Crippen molar-refractivity contribution >= 4 is 15.9 Å². The summed E-state index contributed by atoms with van der Waals surface area (Å²) >= 11 is 3.50. The van der Waals surface area contributed by atoms with Crippen molar-refractivity contribution in [2.75, 3.05) is 28.4 Å². The average molecular weight is 305 g/mol. The minimum atomic E-state index is -0.274. The Balaban J connectivity index is 3.01. The minimum absolute atomic E-state index is 0.274. The van der Waals surface area contributed by atoms with Crippen molar-refractivity contribution in [3.05, 3.63) is 22.2 Å². The molecule has 4 nitrogen and oxygen atoms in total. The van der Waals surface area contributed by atoms with Gasteiger partial charge in [-0.05, 0) is 27.6 Å². The van der Waals surface area contributed by atoms with Gasteiger partial charge in [0.05, 0.1) is 18.7 Å². The molecule has 96 valence electrons. The maximum Gasteiger partial charge on any atom is 0.175 e. The van der Waals surface area contributed by atoms with Gasteiger partial charge in [-0.2, -0.15) is 0 Å². The van der Waals surface area contributed by atoms with Gasteiger partial charge in [0.25, 0.3) is 0 Å². The second kappa shape index (κ2) is 6.83. The molecule has 0 aliphatic carbocycles. The minimum Gasteiger partial charge on any atom is -0.493 e. The van der Waals surface area contributed by atoms with Crippen LogP contribution in [0.15, 0.2) is 16.6 Å². The molecular weight excluding hydrogens is 288 g/mol. The molecule has 0 aromatic heterocycles. The number of halogens is 1. The SMILES string of the molecule is COc1ccc(CC(OC)OC)c(Br)c1OC. The van der Waals surface area contributed by atoms with Crippen LogP contribution in [0.3, 0.4) is 0 Å². The molecule has 0 aliphatic heterocycles. The van der Waals surface area contributed by atoms with Gasteiger partial charge in [0.2, 0.25) is 0 Å². The molecule has 0 N–H and O–H groups in total. The molecule has 17 heavy (non-hydrogen) atoms. The molecule has 0 saturated carbocycles. The lowest BCUT2D eigenvalue weighted by molar-refractivity contribution is -0.100. The molecule has 0 unspecified atom stereocenters. The van der Waals surface area contributed by atoms with E-state index < -0.39 is 0 Å². The van der Waals surface area contributed by atoms with Gasteiger partial charge in [0, 0.05) is 20.6 Å². The fourth-order valence-corrected chi connectivity index (χ4v) is 2.18. The molecule has 0 aliphatic rings. The molecule has 0 amide bonds. The first-order chi connectivity index (χ1) is 8.17. The summed E-state index contributed by atoms with van der Waals surface area (Å²) < 4.78 is 21.7. The van der Waals surface area contributed by atoms with Gasteiger partial charge in [-0.3, -0.25) is 0 Å². The summed E-state index contributed by atoms with van der Waals surface area (Å²) in [5.74, 6) is 1.37. The van der Waals surface area contributed by atoms with Crippen LogP contribution in [0.4, 0.5) is 0 Å². The van der Waals surface area contributed by atoms with Gasteiger partial charge in [0.1, 0.15) is 0 Å². The third-order valence-corrected chi connectivity index (χ3v) is 3.35. The average Bonchev–Trinajstić information content (AvgIpc) is 2.37. The van der Waals surface area contributed by atoms with Crippen molar-refractivity contribution in [2.24, 2.45) is 0 Å². The molecule has 1 rings (SSSR count). The van der Waals surface area contributed by atoms with E-state index in [0.717, 1.165) is 10.0 Å². The summed E-state index contributed by atoms with van der Waals surface area (Å²) in [5.41, 5.74) is 1.04. The van der Waals surface area contributed by atoms with Crippen molar-refractivity contribution in [1.82, 2.24) is 0 Å². The van der Waals surface area contributed by atoms with E-state index in [1.165, 1.54) is 0 Å². The first kappa shape index (κ1) is 14.3. The van der Waals surface area contributed by atoms with Crippen molar-refractivity contribution in [1.29, 1.82) is 0 Å². The Morgan fingerprint density at radius 1 is 1.06 bits per heavy atom. The largest absolute Gasteiger partial charge is 0.493 e. The first-order valence-corrected chi connectivity index (χ1v) is 5.92. The highest BCUT2D eigenvalue weighted by atomic mass is 79.9. The Morgan fingerprint density at radius 3 is 2.18 bits per heavy atom. The summed E-state index contributed by atoms with van der Waals surface area (Å²) in [5, 5.41) is 0. The third-order valence-electron chi connectivity index (χ3n) is 2.48. The molecular formula is C12H17BrO4. The van der Waals surface area contributed by atoms with Crippen LogP contribution in [-0.2, 0) is 15.9 Å². The number of hydrogen-bond donors (Lipinski definition) is 0. The number of methoxy groups -OCH3 is 4. The lowest BCUT2D eigenvalue weighted by atomic mass is 10.1. The summed E-state index contributed by atoms with van der Waals surface area (Å²) in [6.07, 6.45) is 0.359. The number of benzene rings is 1. The van der Waals surface area contributed by atoms with Crippen molar-refractivity contribution in [3.8, 4) is 11.5 Å². The monoisotopic (exact) mass is 304 g/mol. The van der Waals surface area contributed by atoms with Crippen molar-refractivity contribution < 1.29 is 18.9 Å². The fraction of sp³-hybridized carbons (Fsp3) is 0.500. The van der Waals surface area contributed by atoms with Gasteiger partial charge in [-0.15, -0.1) is 0 Å². The summed E-state index contributed by atoms with van der Waals surface area (Å²) in [6, 6.07) is 3.82. The second-order valence-corrected chi connectivity index (χ2v) is 4.17. The molecule has 1 aromatic carbocycles. The van der Waals surface area contributed by atoms with Crippen LogP contribution in [0.5, 0.6) is 11.5 Å². The quantitative estimate of drug-likeness (QED) is 0.757. The molecule has 5 heteroatoms. The Labute approximate surface area is 110 Å². The maximum atomic E-state index is 5.30. The van der Waals surface area contributed by atoms with E-state index in [2.05, 4.69) is 15.9 Å². The van der Waals surface area contributed by atoms with Crippen LogP contribution in [0, 0.1) is 0 Å². The molecule has 0 spiro atoms. The highest BCUT2D eigenvalue weighted by Gasteiger charge is 2.15. The van der Waals surface area contributed by atoms with Crippen LogP contribution < -0.4 is 9.47 Å². The highest BCUT2D eigenvalue weighted by Crippen LogP contribution is 2.38. The van der Waals surface area contributed by atoms with Gasteiger partial charge < -0.3 is 18.9 Å². The van der Waals surface area contributed by atoms with E-state index in [1.807, 2.05) is 12.1 Å². The van der Waals surface area contributed by atoms with Gasteiger partial charge in [-0.1, -0.05) is 6.07 Å². The topological polar surface area (TPSA) is 36.9 Å². The second-order valence-electron chi connectivity index (χ2n) is 3.38. The Hall–Kier alpha value is -0.780. The number of rotatable bonds is 6. The zero-order valence-electron chi connectivity index (χ0n) is 10.5. The summed E-state index contributed by atoms with van der Waals surface area (Å²) in [6.45, 7) is 0. The Kier molecular flexibility index (Phi) is 5.74. The molecule has 0 fully saturated rings. The van der Waals surface area contributed by atoms with Crippen LogP contribution in [-0.4, -0.2) is 34.7 Å². The van der Waals surface area contributed by atoms with E-state index in [0.29, 0.717) is 17.9 Å². The first-order valence-electron chi connectivity index (χ1n) is 5.12. The van der Waals surface area contributed by atoms with E-state index in [9.17, 15) is 0 Å². The van der Waals surface area contributed by atoms with Crippen LogP contribution in [0.25, 0.3) is 0 Å². The zero-order chi connectivity index (χ0) is 12.8. The van der Waals surface area contributed by atoms with Gasteiger partial charge >= 0.3 is 0 Å². The van der Waals surface area contributed by atoms with Crippen LogP contribution in [0.1, 0.15) is 5.56 Å². The zero-order valence-corrected chi connectivity index (χ0v) is 12.0. The fourth-order valence-electron chi connectivity index (χ4n) is 1.53. The van der Waals surface area contributed by atoms with E-state index >= 15 is 0 Å². The Bertz CT molecular complexity index is 364. The highest BCUT2D eigenvalue weighted by molar-refractivity contribution is 9.10. The summed E-state index contributed by atoms with van der Waals surface area (Å²) in [7, 11) is 6.44. The molecule has 0 bridgehead atoms. The Morgan fingerprint density at radius 2 is 1.71 bits per heavy atom. The summed E-state index contributed by atoms with van der Waals surface area (Å²) in [4.78, 5) is 0. The molecule has 0 radical (unpaired) electrons. The predicted molar refractivity (Wildman–Crippen MR) is 68.8 cm³/mol.